The van der Waals surface area contributed by atoms with Gasteiger partial charge >= 0.3 is 0 Å². The smallest absolute Gasteiger partial charge is 0.251 e. The largest absolute Gasteiger partial charge is 0.394 e. The first-order valence-electron chi connectivity index (χ1n) is 13.2. The number of fused-ring (bicyclic) bond motifs is 1. The molecule has 41 heavy (non-hydrogen) atoms. The Morgan fingerprint density at radius 1 is 1.07 bits per heavy atom. The first-order valence-corrected chi connectivity index (χ1v) is 15.5. The predicted octanol–water partition coefficient (Wildman–Crippen LogP) is 1.47. The van der Waals surface area contributed by atoms with Crippen molar-refractivity contribution >= 4 is 44.6 Å². The minimum absolute atomic E-state index is 0.487. The van der Waals surface area contributed by atoms with Crippen molar-refractivity contribution in [3.8, 4) is 17.3 Å². The van der Waals surface area contributed by atoms with Gasteiger partial charge in [0.25, 0.3) is 10.0 Å². The molecule has 0 amide bonds. The molecule has 2 saturated heterocycles. The highest BCUT2D eigenvalue weighted by molar-refractivity contribution is 7.98. The summed E-state index contributed by atoms with van der Waals surface area (Å²) in [5.74, 6) is 0. The van der Waals surface area contributed by atoms with Crippen LogP contribution >= 0.6 is 12.0 Å². The number of rotatable bonds is 7. The fourth-order valence-corrected chi connectivity index (χ4v) is 7.23. The molecule has 5 rings (SSSR count). The number of hydrogen-bond donors (Lipinski definition) is 4. The van der Waals surface area contributed by atoms with Crippen LogP contribution in [0.2, 0.25) is 0 Å². The third-order valence-electron chi connectivity index (χ3n) is 7.60. The molecule has 13 heteroatoms. The highest BCUT2D eigenvalue weighted by Gasteiger charge is 2.41. The maximum atomic E-state index is 13.0. The predicted molar refractivity (Wildman–Crippen MR) is 159 cm³/mol. The maximum Gasteiger partial charge on any atom is 0.251 e. The molecule has 1 aromatic heterocycles. The van der Waals surface area contributed by atoms with E-state index in [9.17, 15) is 29.0 Å². The highest BCUT2D eigenvalue weighted by Crippen LogP contribution is 2.31. The van der Waals surface area contributed by atoms with Crippen LogP contribution < -0.4 is 9.62 Å². The van der Waals surface area contributed by atoms with Crippen molar-refractivity contribution in [2.24, 2.45) is 7.05 Å². The summed E-state index contributed by atoms with van der Waals surface area (Å²) >= 11 is 0.576. The first kappa shape index (κ1) is 29.6. The van der Waals surface area contributed by atoms with E-state index in [1.807, 2.05) is 12.1 Å². The van der Waals surface area contributed by atoms with Crippen molar-refractivity contribution in [3.63, 3.8) is 0 Å². The van der Waals surface area contributed by atoms with Gasteiger partial charge in [0, 0.05) is 62.3 Å². The second-order valence-corrected chi connectivity index (χ2v) is 12.9. The lowest BCUT2D eigenvalue weighted by Gasteiger charge is -2.35. The number of hydrogen-bond acceptors (Lipinski definition) is 10. The molecule has 11 nitrogen and oxygen atoms in total. The lowest BCUT2D eigenvalue weighted by atomic mass is 10.0. The van der Waals surface area contributed by atoms with Gasteiger partial charge in [0.2, 0.25) is 0 Å². The zero-order chi connectivity index (χ0) is 29.3. The summed E-state index contributed by atoms with van der Waals surface area (Å²) in [5, 5.41) is 40.2. The molecule has 0 spiro atoms. The molecule has 3 heterocycles. The van der Waals surface area contributed by atoms with Crippen LogP contribution in [-0.4, -0.2) is 96.7 Å². The lowest BCUT2D eigenvalue weighted by Crippen LogP contribution is -2.55. The lowest BCUT2D eigenvalue weighted by molar-refractivity contribution is -0.0741. The number of benzene rings is 2. The van der Waals surface area contributed by atoms with Crippen LogP contribution in [0, 0.1) is 11.3 Å². The van der Waals surface area contributed by atoms with Gasteiger partial charge < -0.3 is 33.9 Å². The molecule has 2 aliphatic rings. The summed E-state index contributed by atoms with van der Waals surface area (Å²) < 4.78 is 35.2. The van der Waals surface area contributed by atoms with Gasteiger partial charge in [0.1, 0.15) is 29.8 Å². The molecule has 2 aromatic carbocycles. The Morgan fingerprint density at radius 2 is 1.78 bits per heavy atom. The number of aromatic nitrogens is 1. The van der Waals surface area contributed by atoms with Gasteiger partial charge in [-0.25, -0.2) is 8.42 Å². The second kappa shape index (κ2) is 12.1. The van der Waals surface area contributed by atoms with Crippen molar-refractivity contribution in [3.05, 3.63) is 59.1 Å². The number of nitrogens with one attached hydrogen (secondary N) is 1. The van der Waals surface area contributed by atoms with Crippen LogP contribution in [0.3, 0.4) is 0 Å². The zero-order valence-corrected chi connectivity index (χ0v) is 24.3. The maximum absolute atomic E-state index is 13.0. The standard InChI is InChI=1S/C28H33N5O6S2/c1-31-9-11-33(12-10-31)22-6-5-18-13-20(4-3-19(18)14-22)24-8-7-21(32(24)2)15-23(16-29)41(37,38)30-28-27(36)26(35)25(17-34)39-40-28/h3-8,13-15,25-28,30,34-36H,9-12,17H2,1-2H3/b23-15+/t25-,26-,27+,28+/m1/s1. The monoisotopic (exact) mass is 599 g/mol. The van der Waals surface area contributed by atoms with E-state index in [1.165, 1.54) is 11.8 Å². The van der Waals surface area contributed by atoms with E-state index in [0.29, 0.717) is 17.7 Å². The van der Waals surface area contributed by atoms with Crippen molar-refractivity contribution in [1.82, 2.24) is 14.2 Å². The van der Waals surface area contributed by atoms with Gasteiger partial charge in [0.05, 0.1) is 6.61 Å². The molecule has 0 bridgehead atoms. The Kier molecular flexibility index (Phi) is 8.74. The van der Waals surface area contributed by atoms with E-state index in [0.717, 1.165) is 48.2 Å². The Balaban J connectivity index is 1.36. The van der Waals surface area contributed by atoms with Crippen LogP contribution in [0.1, 0.15) is 5.69 Å². The van der Waals surface area contributed by atoms with Crippen molar-refractivity contribution in [2.75, 3.05) is 44.7 Å². The number of aliphatic hydroxyl groups is 3. The number of likely N-dealkylation sites (N-methyl/N-ethyl adjacent to an activating group) is 1. The number of allylic oxidation sites excluding steroid dienone is 1. The summed E-state index contributed by atoms with van der Waals surface area (Å²) in [6.07, 6.45) is -2.85. The highest BCUT2D eigenvalue weighted by atomic mass is 32.2. The van der Waals surface area contributed by atoms with E-state index < -0.39 is 45.2 Å². The van der Waals surface area contributed by atoms with Gasteiger partial charge in [-0.3, -0.25) is 0 Å². The number of sulfonamides is 1. The van der Waals surface area contributed by atoms with Crippen molar-refractivity contribution in [2.45, 2.75) is 23.7 Å². The molecule has 0 radical (unpaired) electrons. The molecule has 4 N–H and O–H groups in total. The van der Waals surface area contributed by atoms with Crippen molar-refractivity contribution in [1.29, 1.82) is 5.26 Å². The molecule has 2 fully saturated rings. The second-order valence-electron chi connectivity index (χ2n) is 10.3. The third kappa shape index (κ3) is 6.15. The number of nitriles is 1. The van der Waals surface area contributed by atoms with E-state index in [-0.39, 0.29) is 0 Å². The molecule has 2 aliphatic heterocycles. The summed E-state index contributed by atoms with van der Waals surface area (Å²) in [6.45, 7) is 3.52. The number of anilines is 1. The van der Waals surface area contributed by atoms with Crippen LogP contribution in [-0.2, 0) is 21.3 Å². The van der Waals surface area contributed by atoms with Crippen molar-refractivity contribution < 1.29 is 27.9 Å². The molecule has 3 aromatic rings. The molecule has 0 aliphatic carbocycles. The summed E-state index contributed by atoms with van der Waals surface area (Å²) in [4.78, 5) is 4.16. The Bertz CT molecular complexity index is 1590. The molecular formula is C28H33N5O6S2. The van der Waals surface area contributed by atoms with Gasteiger partial charge in [-0.15, -0.1) is 0 Å². The van der Waals surface area contributed by atoms with Crippen LogP contribution in [0.5, 0.6) is 0 Å². The molecule has 0 saturated carbocycles. The summed E-state index contributed by atoms with van der Waals surface area (Å²) in [7, 11) is -0.447. The normalized spacial score (nSPS) is 24.5. The average molecular weight is 600 g/mol. The minimum atomic E-state index is -4.37. The summed E-state index contributed by atoms with van der Waals surface area (Å²) in [5.41, 5.74) is 3.48. The van der Waals surface area contributed by atoms with E-state index in [1.54, 1.807) is 23.8 Å². The third-order valence-corrected chi connectivity index (χ3v) is 10.1. The van der Waals surface area contributed by atoms with Gasteiger partial charge in [-0.2, -0.15) is 9.98 Å². The zero-order valence-electron chi connectivity index (χ0n) is 22.7. The SMILES string of the molecule is CN1CCN(c2ccc3cc(-c4ccc(/C=C(\C#N)S(=O)(=O)N[C@H]5SO[C@H](CO)[C@@H](O)[C@@H]5O)n4C)ccc3c2)CC1. The minimum Gasteiger partial charge on any atom is -0.394 e. The molecule has 0 unspecified atom stereocenters. The van der Waals surface area contributed by atoms with Crippen LogP contribution in [0.4, 0.5) is 5.69 Å². The topological polar surface area (TPSA) is 151 Å². The Labute approximate surface area is 243 Å². The Hall–Kier alpha value is -2.93. The average Bonchev–Trinajstić information content (AvgIpc) is 3.33. The van der Waals surface area contributed by atoms with Gasteiger partial charge in [0.15, 0.2) is 4.91 Å². The first-order chi connectivity index (χ1) is 19.6. The summed E-state index contributed by atoms with van der Waals surface area (Å²) in [6, 6.07) is 18.0. The van der Waals surface area contributed by atoms with E-state index in [4.69, 9.17) is 4.18 Å². The van der Waals surface area contributed by atoms with Crippen LogP contribution in [0.15, 0.2) is 53.4 Å². The van der Waals surface area contributed by atoms with Gasteiger partial charge in [-0.1, -0.05) is 18.2 Å². The van der Waals surface area contributed by atoms with E-state index >= 15 is 0 Å². The van der Waals surface area contributed by atoms with Gasteiger partial charge in [-0.05, 0) is 59.8 Å². The number of piperazine rings is 1. The number of aliphatic hydroxyl groups excluding tert-OH is 3. The molecule has 4 atom stereocenters. The Morgan fingerprint density at radius 3 is 2.49 bits per heavy atom. The number of nitrogens with zero attached hydrogens (tertiary/aromatic N) is 4. The fourth-order valence-electron chi connectivity index (χ4n) is 5.01. The molecule has 218 valence electrons. The molecular weight excluding hydrogens is 566 g/mol. The fraction of sp³-hybridized carbons (Fsp3) is 0.393. The quantitative estimate of drug-likeness (QED) is 0.232. The van der Waals surface area contributed by atoms with Crippen LogP contribution in [0.25, 0.3) is 28.1 Å². The van der Waals surface area contributed by atoms with E-state index in [2.05, 4.69) is 51.9 Å².